The zero-order valence-electron chi connectivity index (χ0n) is 14.4. The van der Waals surface area contributed by atoms with Crippen molar-refractivity contribution in [2.75, 3.05) is 12.3 Å². The lowest BCUT2D eigenvalue weighted by atomic mass is 10.1. The number of fused-ring (bicyclic) bond motifs is 2. The van der Waals surface area contributed by atoms with Gasteiger partial charge in [0.2, 0.25) is 5.95 Å². The Balaban J connectivity index is 1.71. The van der Waals surface area contributed by atoms with E-state index in [4.69, 9.17) is 25.1 Å². The minimum absolute atomic E-state index is 0.0757. The number of nitrogens with one attached hydrogen (secondary N) is 1. The lowest BCUT2D eigenvalue weighted by Gasteiger charge is -2.24. The van der Waals surface area contributed by atoms with Gasteiger partial charge in [0.15, 0.2) is 23.2 Å². The number of nitrogens with two attached hydrogens (primary N) is 2. The lowest BCUT2D eigenvalue weighted by molar-refractivity contribution is -0.198. The maximum absolute atomic E-state index is 12.0. The Morgan fingerprint density at radius 2 is 2.07 bits per heavy atom. The molecule has 0 aromatic carbocycles. The summed E-state index contributed by atoms with van der Waals surface area (Å²) in [6.07, 6.45) is -1.50. The van der Waals surface area contributed by atoms with Crippen LogP contribution in [0.3, 0.4) is 0 Å². The van der Waals surface area contributed by atoms with Crippen LogP contribution in [0, 0.1) is 0 Å². The second-order valence-electron chi connectivity index (χ2n) is 6.68. The Hall–Kier alpha value is -2.10. The number of hydrogen-bond acceptors (Lipinski definition) is 10. The SMILES string of the molecule is CC1(C)OC2[C@@H](COS(N)(=O)=O)O[C@@H](n3cnc4c(=O)[nH]c(N)nc43)[C@H]2O1. The summed E-state index contributed by atoms with van der Waals surface area (Å²) in [5, 5.41) is 4.89. The standard InChI is InChI=1S/C13H18N6O7S/c1-13(2)25-7-5(3-23-27(15,21)22)24-11(8(7)26-13)19-4-16-6-9(19)17-12(14)18-10(6)20/h4-5,7-8,11H,3H2,1-2H3,(H2,15,21,22)(H3,14,17,18,20)/t5-,7?,8+,11-/m1/s1. The first-order valence-electron chi connectivity index (χ1n) is 7.95. The second-order valence-corrected chi connectivity index (χ2v) is 7.90. The van der Waals surface area contributed by atoms with Crippen molar-refractivity contribution in [3.63, 3.8) is 0 Å². The molecule has 2 aromatic heterocycles. The van der Waals surface area contributed by atoms with Crippen LogP contribution in [0.1, 0.15) is 20.1 Å². The molecule has 14 heteroatoms. The highest BCUT2D eigenvalue weighted by molar-refractivity contribution is 7.84. The highest BCUT2D eigenvalue weighted by Crippen LogP contribution is 2.43. The van der Waals surface area contributed by atoms with E-state index in [-0.39, 0.29) is 23.7 Å². The zero-order valence-corrected chi connectivity index (χ0v) is 15.2. The van der Waals surface area contributed by atoms with E-state index in [1.54, 1.807) is 13.8 Å². The van der Waals surface area contributed by atoms with Gasteiger partial charge in [-0.05, 0) is 13.8 Å². The molecule has 13 nitrogen and oxygen atoms in total. The fourth-order valence-electron chi connectivity index (χ4n) is 3.31. The minimum Gasteiger partial charge on any atom is -0.369 e. The Morgan fingerprint density at radius 3 is 2.78 bits per heavy atom. The van der Waals surface area contributed by atoms with Crippen LogP contribution in [0.5, 0.6) is 0 Å². The molecule has 148 valence electrons. The van der Waals surface area contributed by atoms with E-state index in [0.29, 0.717) is 0 Å². The Morgan fingerprint density at radius 1 is 1.37 bits per heavy atom. The summed E-state index contributed by atoms with van der Waals surface area (Å²) in [7, 11) is -4.16. The molecule has 4 atom stereocenters. The molecular formula is C13H18N6O7S. The normalized spacial score (nSPS) is 30.0. The van der Waals surface area contributed by atoms with Crippen molar-refractivity contribution >= 4 is 27.4 Å². The average Bonchev–Trinajstić information content (AvgIpc) is 3.15. The molecule has 27 heavy (non-hydrogen) atoms. The van der Waals surface area contributed by atoms with Crippen molar-refractivity contribution in [3.8, 4) is 0 Å². The van der Waals surface area contributed by atoms with E-state index >= 15 is 0 Å². The molecule has 4 rings (SSSR count). The van der Waals surface area contributed by atoms with Crippen LogP contribution in [0.2, 0.25) is 0 Å². The van der Waals surface area contributed by atoms with Gasteiger partial charge in [-0.1, -0.05) is 0 Å². The fourth-order valence-corrected chi connectivity index (χ4v) is 3.63. The van der Waals surface area contributed by atoms with Crippen molar-refractivity contribution in [3.05, 3.63) is 16.7 Å². The van der Waals surface area contributed by atoms with Gasteiger partial charge < -0.3 is 19.9 Å². The number of hydrogen-bond donors (Lipinski definition) is 3. The number of aromatic nitrogens is 4. The van der Waals surface area contributed by atoms with E-state index in [2.05, 4.69) is 19.1 Å². The van der Waals surface area contributed by atoms with E-state index in [9.17, 15) is 13.2 Å². The third-order valence-corrected chi connectivity index (χ3v) is 4.71. The highest BCUT2D eigenvalue weighted by Gasteiger charge is 2.56. The molecule has 2 aromatic rings. The van der Waals surface area contributed by atoms with Crippen LogP contribution in [-0.4, -0.2) is 58.6 Å². The fraction of sp³-hybridized carbons (Fsp3) is 0.615. The molecular weight excluding hydrogens is 384 g/mol. The van der Waals surface area contributed by atoms with Gasteiger partial charge in [0.1, 0.15) is 18.3 Å². The van der Waals surface area contributed by atoms with Crippen LogP contribution in [0.25, 0.3) is 11.2 Å². The number of nitrogen functional groups attached to an aromatic ring is 1. The Bertz CT molecular complexity index is 1050. The largest absolute Gasteiger partial charge is 0.369 e. The molecule has 0 spiro atoms. The number of nitrogens with zero attached hydrogens (tertiary/aromatic N) is 3. The zero-order chi connectivity index (χ0) is 19.6. The summed E-state index contributed by atoms with van der Waals surface area (Å²) in [4.78, 5) is 22.5. The van der Waals surface area contributed by atoms with Gasteiger partial charge in [0.05, 0.1) is 12.9 Å². The molecule has 0 bridgehead atoms. The third kappa shape index (κ3) is 3.30. The number of H-pyrrole nitrogens is 1. The maximum atomic E-state index is 12.0. The molecule has 2 aliphatic heterocycles. The van der Waals surface area contributed by atoms with E-state index in [0.717, 1.165) is 0 Å². The molecule has 0 saturated carbocycles. The van der Waals surface area contributed by atoms with Crippen molar-refractivity contribution in [2.45, 2.75) is 44.2 Å². The summed E-state index contributed by atoms with van der Waals surface area (Å²) in [5.41, 5.74) is 5.39. The van der Waals surface area contributed by atoms with Gasteiger partial charge >= 0.3 is 10.3 Å². The van der Waals surface area contributed by atoms with Crippen LogP contribution in [0.4, 0.5) is 5.95 Å². The topological polar surface area (TPSA) is 187 Å². The first kappa shape index (κ1) is 18.3. The molecule has 2 fully saturated rings. The molecule has 4 heterocycles. The van der Waals surface area contributed by atoms with Crippen molar-refractivity contribution in [1.82, 2.24) is 19.5 Å². The number of imidazole rings is 1. The van der Waals surface area contributed by atoms with Crippen LogP contribution >= 0.6 is 0 Å². The van der Waals surface area contributed by atoms with Gasteiger partial charge in [0, 0.05) is 0 Å². The quantitative estimate of drug-likeness (QED) is 0.534. The monoisotopic (exact) mass is 402 g/mol. The van der Waals surface area contributed by atoms with Gasteiger partial charge in [-0.3, -0.25) is 18.5 Å². The summed E-state index contributed by atoms with van der Waals surface area (Å²) < 4.78 is 46.0. The van der Waals surface area contributed by atoms with Crippen molar-refractivity contribution in [1.29, 1.82) is 0 Å². The number of aromatic amines is 1. The molecule has 5 N–H and O–H groups in total. The van der Waals surface area contributed by atoms with E-state index in [1.807, 2.05) is 0 Å². The molecule has 2 aliphatic rings. The predicted molar refractivity (Wildman–Crippen MR) is 89.4 cm³/mol. The molecule has 0 aliphatic carbocycles. The predicted octanol–water partition coefficient (Wildman–Crippen LogP) is -1.66. The summed E-state index contributed by atoms with van der Waals surface area (Å²) in [6, 6.07) is 0. The van der Waals surface area contributed by atoms with Gasteiger partial charge in [-0.25, -0.2) is 10.1 Å². The number of anilines is 1. The van der Waals surface area contributed by atoms with Crippen LogP contribution in [-0.2, 0) is 28.7 Å². The molecule has 0 radical (unpaired) electrons. The first-order chi connectivity index (χ1) is 12.5. The van der Waals surface area contributed by atoms with E-state index < -0.39 is 46.2 Å². The van der Waals surface area contributed by atoms with Crippen LogP contribution < -0.4 is 16.4 Å². The number of rotatable bonds is 4. The Kier molecular flexibility index (Phi) is 4.03. The third-order valence-electron chi connectivity index (χ3n) is 4.25. The van der Waals surface area contributed by atoms with Crippen molar-refractivity contribution in [2.24, 2.45) is 5.14 Å². The first-order valence-corrected chi connectivity index (χ1v) is 9.42. The Labute approximate surface area is 152 Å². The highest BCUT2D eigenvalue weighted by atomic mass is 32.2. The maximum Gasteiger partial charge on any atom is 0.333 e. The smallest absolute Gasteiger partial charge is 0.333 e. The van der Waals surface area contributed by atoms with Crippen LogP contribution in [0.15, 0.2) is 11.1 Å². The molecule has 0 amide bonds. The summed E-state index contributed by atoms with van der Waals surface area (Å²) in [6.45, 7) is 3.07. The number of ether oxygens (including phenoxy) is 3. The second kappa shape index (κ2) is 5.95. The molecule has 1 unspecified atom stereocenters. The lowest BCUT2D eigenvalue weighted by Crippen LogP contribution is -2.34. The van der Waals surface area contributed by atoms with Crippen molar-refractivity contribution < 1.29 is 26.8 Å². The minimum atomic E-state index is -4.16. The average molecular weight is 402 g/mol. The van der Waals surface area contributed by atoms with Gasteiger partial charge in [-0.15, -0.1) is 0 Å². The summed E-state index contributed by atoms with van der Waals surface area (Å²) in [5.74, 6) is -1.01. The van der Waals surface area contributed by atoms with Gasteiger partial charge in [0.25, 0.3) is 5.56 Å². The van der Waals surface area contributed by atoms with Gasteiger partial charge in [-0.2, -0.15) is 13.4 Å². The molecule has 2 saturated heterocycles. The van der Waals surface area contributed by atoms with E-state index in [1.165, 1.54) is 10.9 Å². The summed E-state index contributed by atoms with van der Waals surface area (Å²) >= 11 is 0.